The summed E-state index contributed by atoms with van der Waals surface area (Å²) >= 11 is 0. The van der Waals surface area contributed by atoms with E-state index < -0.39 is 0 Å². The number of fused-ring (bicyclic) bond motifs is 4. The van der Waals surface area contributed by atoms with E-state index in [4.69, 9.17) is 9.72 Å². The molecule has 6 heterocycles. The molecule has 2 bridgehead atoms. The third-order valence-electron chi connectivity index (χ3n) is 6.53. The molecule has 33 heavy (non-hydrogen) atoms. The molecule has 0 saturated carbocycles. The number of hydrogen-bond acceptors (Lipinski definition) is 6. The Hall–Kier alpha value is -3.86. The number of piperazine rings is 1. The van der Waals surface area contributed by atoms with Crippen LogP contribution < -0.4 is 9.64 Å². The molecule has 3 aromatic heterocycles. The molecule has 3 aromatic rings. The van der Waals surface area contributed by atoms with Crippen LogP contribution in [0.2, 0.25) is 0 Å². The molecule has 8 heteroatoms. The van der Waals surface area contributed by atoms with Crippen LogP contribution in [0, 0.1) is 11.3 Å². The number of amides is 1. The molecule has 168 valence electrons. The van der Waals surface area contributed by atoms with Crippen LogP contribution in [0.5, 0.6) is 5.75 Å². The SMILES string of the molecule is C=C(C)C(=O)N1CC2CCC1CN2c1ccc(-c2cc(OCC)cn3ncc(C#N)c23)cn1. The third-order valence-corrected chi connectivity index (χ3v) is 6.53. The first-order valence-corrected chi connectivity index (χ1v) is 11.2. The lowest BCUT2D eigenvalue weighted by atomic mass is 9.90. The van der Waals surface area contributed by atoms with Gasteiger partial charge in [0.1, 0.15) is 17.6 Å². The number of pyridine rings is 2. The Morgan fingerprint density at radius 3 is 2.73 bits per heavy atom. The molecule has 6 rings (SSSR count). The molecule has 2 unspecified atom stereocenters. The van der Waals surface area contributed by atoms with E-state index in [1.807, 2.05) is 36.2 Å². The number of aromatic nitrogens is 3. The van der Waals surface area contributed by atoms with E-state index in [9.17, 15) is 10.1 Å². The van der Waals surface area contributed by atoms with Gasteiger partial charge in [-0.05, 0) is 44.9 Å². The maximum absolute atomic E-state index is 12.5. The van der Waals surface area contributed by atoms with Gasteiger partial charge in [0.15, 0.2) is 0 Å². The summed E-state index contributed by atoms with van der Waals surface area (Å²) in [5.74, 6) is 1.65. The zero-order valence-corrected chi connectivity index (χ0v) is 18.9. The minimum atomic E-state index is 0.0555. The van der Waals surface area contributed by atoms with Crippen molar-refractivity contribution < 1.29 is 9.53 Å². The molecule has 3 aliphatic rings. The zero-order chi connectivity index (χ0) is 23.1. The van der Waals surface area contributed by atoms with Gasteiger partial charge in [0.05, 0.1) is 30.1 Å². The third kappa shape index (κ3) is 3.59. The first-order valence-electron chi connectivity index (χ1n) is 11.2. The fourth-order valence-electron chi connectivity index (χ4n) is 4.96. The second-order valence-electron chi connectivity index (χ2n) is 8.67. The maximum Gasteiger partial charge on any atom is 0.249 e. The van der Waals surface area contributed by atoms with Crippen molar-refractivity contribution in [1.82, 2.24) is 19.5 Å². The van der Waals surface area contributed by atoms with Crippen molar-refractivity contribution in [2.45, 2.75) is 38.8 Å². The lowest BCUT2D eigenvalue weighted by Gasteiger charge is -2.52. The quantitative estimate of drug-likeness (QED) is 0.563. The summed E-state index contributed by atoms with van der Waals surface area (Å²) in [5.41, 5.74) is 3.58. The Labute approximate surface area is 192 Å². The normalized spacial score (nSPS) is 19.5. The Kier molecular flexibility index (Phi) is 5.25. The van der Waals surface area contributed by atoms with Crippen molar-refractivity contribution in [3.63, 3.8) is 0 Å². The van der Waals surface area contributed by atoms with Gasteiger partial charge in [0.2, 0.25) is 5.91 Å². The van der Waals surface area contributed by atoms with Gasteiger partial charge in [-0.25, -0.2) is 9.50 Å². The number of anilines is 1. The summed E-state index contributed by atoms with van der Waals surface area (Å²) < 4.78 is 7.39. The number of carbonyl (C=O) groups is 1. The fraction of sp³-hybridized carbons (Fsp3) is 0.360. The van der Waals surface area contributed by atoms with E-state index >= 15 is 0 Å². The summed E-state index contributed by atoms with van der Waals surface area (Å²) in [6, 6.07) is 8.65. The Balaban J connectivity index is 1.45. The maximum atomic E-state index is 12.5. The standard InChI is InChI=1S/C25H26N6O2/c1-4-33-21-9-22(24-18(10-26)12-28-31(24)15-21)17-5-8-23(27-11-17)29-13-20-7-6-19(29)14-30(20)25(32)16(2)3/h5,8-9,11-12,15,19-20H,2,4,6-7,13-14H2,1,3H3. The second-order valence-corrected chi connectivity index (χ2v) is 8.67. The molecule has 8 nitrogen and oxygen atoms in total. The van der Waals surface area contributed by atoms with Gasteiger partial charge in [-0.1, -0.05) is 6.58 Å². The lowest BCUT2D eigenvalue weighted by Crippen LogP contribution is -2.64. The molecule has 0 aliphatic carbocycles. The number of carbonyl (C=O) groups excluding carboxylic acids is 1. The van der Waals surface area contributed by atoms with Crippen molar-refractivity contribution in [3.05, 3.63) is 54.5 Å². The van der Waals surface area contributed by atoms with Crippen molar-refractivity contribution >= 4 is 17.2 Å². The predicted octanol–water partition coefficient (Wildman–Crippen LogP) is 3.42. The number of nitrogens with zero attached hydrogens (tertiary/aromatic N) is 6. The van der Waals surface area contributed by atoms with Crippen LogP contribution >= 0.6 is 0 Å². The monoisotopic (exact) mass is 442 g/mol. The van der Waals surface area contributed by atoms with Gasteiger partial charge in [-0.15, -0.1) is 0 Å². The molecule has 0 radical (unpaired) electrons. The van der Waals surface area contributed by atoms with Crippen LogP contribution in [0.25, 0.3) is 16.6 Å². The fourth-order valence-corrected chi connectivity index (χ4v) is 4.96. The van der Waals surface area contributed by atoms with Crippen molar-refractivity contribution in [3.8, 4) is 22.9 Å². The Morgan fingerprint density at radius 1 is 1.27 bits per heavy atom. The predicted molar refractivity (Wildman–Crippen MR) is 125 cm³/mol. The van der Waals surface area contributed by atoms with Gasteiger partial charge in [-0.3, -0.25) is 4.79 Å². The van der Waals surface area contributed by atoms with E-state index in [2.05, 4.69) is 22.6 Å². The average Bonchev–Trinajstić information content (AvgIpc) is 3.26. The molecular weight excluding hydrogens is 416 g/mol. The van der Waals surface area contributed by atoms with E-state index in [1.54, 1.807) is 23.8 Å². The number of rotatable bonds is 5. The highest BCUT2D eigenvalue weighted by Gasteiger charge is 2.41. The molecule has 2 atom stereocenters. The van der Waals surface area contributed by atoms with Gasteiger partial charge >= 0.3 is 0 Å². The van der Waals surface area contributed by atoms with Crippen LogP contribution in [-0.2, 0) is 4.79 Å². The van der Waals surface area contributed by atoms with E-state index in [0.717, 1.165) is 41.8 Å². The minimum absolute atomic E-state index is 0.0555. The van der Waals surface area contributed by atoms with Crippen molar-refractivity contribution in [2.24, 2.45) is 0 Å². The number of hydrogen-bond donors (Lipinski definition) is 0. The molecule has 0 aromatic carbocycles. The second kappa shape index (κ2) is 8.24. The van der Waals surface area contributed by atoms with E-state index in [-0.39, 0.29) is 18.0 Å². The van der Waals surface area contributed by atoms with Crippen LogP contribution in [0.15, 0.2) is 48.9 Å². The first kappa shape index (κ1) is 21.0. The zero-order valence-electron chi connectivity index (χ0n) is 18.9. The first-order chi connectivity index (χ1) is 16.0. The van der Waals surface area contributed by atoms with Crippen molar-refractivity contribution in [1.29, 1.82) is 5.26 Å². The highest BCUT2D eigenvalue weighted by Crippen LogP contribution is 2.35. The molecule has 0 N–H and O–H groups in total. The van der Waals surface area contributed by atoms with Crippen LogP contribution in [0.1, 0.15) is 32.3 Å². The van der Waals surface area contributed by atoms with Gasteiger partial charge in [-0.2, -0.15) is 10.4 Å². The summed E-state index contributed by atoms with van der Waals surface area (Å²) in [6.07, 6.45) is 7.25. The molecular formula is C25H26N6O2. The number of nitriles is 1. The van der Waals surface area contributed by atoms with Crippen molar-refractivity contribution in [2.75, 3.05) is 24.6 Å². The minimum Gasteiger partial charge on any atom is -0.492 e. The smallest absolute Gasteiger partial charge is 0.249 e. The van der Waals surface area contributed by atoms with E-state index in [0.29, 0.717) is 30.0 Å². The van der Waals surface area contributed by atoms with Gasteiger partial charge in [0.25, 0.3) is 0 Å². The Morgan fingerprint density at radius 2 is 2.09 bits per heavy atom. The van der Waals surface area contributed by atoms with Gasteiger partial charge in [0, 0.05) is 48.1 Å². The molecule has 1 amide bonds. The summed E-state index contributed by atoms with van der Waals surface area (Å²) in [7, 11) is 0. The van der Waals surface area contributed by atoms with E-state index in [1.165, 1.54) is 0 Å². The lowest BCUT2D eigenvalue weighted by molar-refractivity contribution is -0.132. The molecule has 3 saturated heterocycles. The highest BCUT2D eigenvalue weighted by atomic mass is 16.5. The van der Waals surface area contributed by atoms with Crippen LogP contribution in [0.3, 0.4) is 0 Å². The Bertz CT molecular complexity index is 1270. The number of ether oxygens (including phenoxy) is 1. The summed E-state index contributed by atoms with van der Waals surface area (Å²) in [4.78, 5) is 21.6. The largest absolute Gasteiger partial charge is 0.492 e. The molecule has 3 aliphatic heterocycles. The van der Waals surface area contributed by atoms with Crippen LogP contribution in [-0.4, -0.2) is 57.2 Å². The molecule has 0 spiro atoms. The van der Waals surface area contributed by atoms with Gasteiger partial charge < -0.3 is 14.5 Å². The highest BCUT2D eigenvalue weighted by molar-refractivity contribution is 5.92. The van der Waals surface area contributed by atoms with Crippen LogP contribution in [0.4, 0.5) is 5.82 Å². The summed E-state index contributed by atoms with van der Waals surface area (Å²) in [6.45, 7) is 9.56. The summed E-state index contributed by atoms with van der Waals surface area (Å²) in [5, 5.41) is 13.9. The number of piperidine rings is 2. The molecule has 3 fully saturated rings. The topological polar surface area (TPSA) is 86.8 Å². The average molecular weight is 443 g/mol.